The molecule has 0 aliphatic carbocycles. The number of nitrogens with zero attached hydrogens (tertiary/aromatic N) is 1. The highest BCUT2D eigenvalue weighted by molar-refractivity contribution is 9.09. The topological polar surface area (TPSA) is 12.9 Å². The second-order valence-electron chi connectivity index (χ2n) is 3.80. The molecule has 0 aliphatic rings. The van der Waals surface area contributed by atoms with Crippen LogP contribution in [0.5, 0.6) is 0 Å². The number of hydrogen-bond acceptors (Lipinski definition) is 1. The molecular weight excluding hydrogens is 324 g/mol. The monoisotopic (exact) mass is 331 g/mol. The van der Waals surface area contributed by atoms with Gasteiger partial charge in [-0.3, -0.25) is 4.98 Å². The number of hydrogen-bond donors (Lipinski definition) is 0. The number of pyridine rings is 1. The molecule has 1 aromatic carbocycles. The Kier molecular flexibility index (Phi) is 4.30. The van der Waals surface area contributed by atoms with E-state index in [1.807, 2.05) is 0 Å². The van der Waals surface area contributed by atoms with Crippen LogP contribution in [0.2, 0.25) is 5.02 Å². The lowest BCUT2D eigenvalue weighted by molar-refractivity contribution is 0.571. The highest BCUT2D eigenvalue weighted by Crippen LogP contribution is 2.31. The molecule has 0 radical (unpaired) electrons. The zero-order chi connectivity index (χ0) is 13.1. The summed E-state index contributed by atoms with van der Waals surface area (Å²) < 4.78 is 26.4. The SMILES string of the molecule is Fc1ccc(C(Br)Cc2ccncc2Cl)c(F)c1. The lowest BCUT2D eigenvalue weighted by atomic mass is 10.0. The standard InChI is InChI=1S/C13H9BrClF2N/c14-11(5-8-3-4-18-7-12(8)15)10-2-1-9(16)6-13(10)17/h1-4,6-7,11H,5H2. The number of alkyl halides is 1. The lowest BCUT2D eigenvalue weighted by Crippen LogP contribution is -2.00. The summed E-state index contributed by atoms with van der Waals surface area (Å²) in [6.07, 6.45) is 3.67. The van der Waals surface area contributed by atoms with Gasteiger partial charge in [0.25, 0.3) is 0 Å². The van der Waals surface area contributed by atoms with E-state index in [0.717, 1.165) is 11.6 Å². The molecule has 1 aromatic heterocycles. The molecule has 18 heavy (non-hydrogen) atoms. The maximum Gasteiger partial charge on any atom is 0.130 e. The minimum Gasteiger partial charge on any atom is -0.263 e. The molecule has 2 rings (SSSR count). The number of halogens is 4. The fourth-order valence-corrected chi connectivity index (χ4v) is 2.54. The second-order valence-corrected chi connectivity index (χ2v) is 5.32. The molecule has 0 bridgehead atoms. The molecule has 0 saturated carbocycles. The molecule has 0 N–H and O–H groups in total. The van der Waals surface area contributed by atoms with Gasteiger partial charge in [-0.1, -0.05) is 33.6 Å². The van der Waals surface area contributed by atoms with Gasteiger partial charge in [0.2, 0.25) is 0 Å². The van der Waals surface area contributed by atoms with Gasteiger partial charge in [0, 0.05) is 28.9 Å². The summed E-state index contributed by atoms with van der Waals surface area (Å²) in [6.45, 7) is 0. The van der Waals surface area contributed by atoms with Gasteiger partial charge in [-0.2, -0.15) is 0 Å². The van der Waals surface area contributed by atoms with E-state index in [9.17, 15) is 8.78 Å². The van der Waals surface area contributed by atoms with Crippen molar-refractivity contribution in [3.05, 3.63) is 64.4 Å². The maximum atomic E-state index is 13.6. The predicted molar refractivity (Wildman–Crippen MR) is 71.0 cm³/mol. The Morgan fingerprint density at radius 3 is 2.72 bits per heavy atom. The lowest BCUT2D eigenvalue weighted by Gasteiger charge is -2.12. The Bertz CT molecular complexity index is 562. The minimum atomic E-state index is -0.585. The Morgan fingerprint density at radius 1 is 1.28 bits per heavy atom. The van der Waals surface area contributed by atoms with Gasteiger partial charge in [-0.25, -0.2) is 8.78 Å². The van der Waals surface area contributed by atoms with Crippen LogP contribution in [0.4, 0.5) is 8.78 Å². The van der Waals surface area contributed by atoms with Gasteiger partial charge in [0.05, 0.1) is 5.02 Å². The summed E-state index contributed by atoms with van der Waals surface area (Å²) >= 11 is 9.37. The molecule has 5 heteroatoms. The van der Waals surface area contributed by atoms with Crippen LogP contribution in [-0.2, 0) is 6.42 Å². The molecule has 1 atom stereocenters. The third kappa shape index (κ3) is 3.06. The quantitative estimate of drug-likeness (QED) is 0.743. The Balaban J connectivity index is 2.22. The van der Waals surface area contributed by atoms with Crippen molar-refractivity contribution in [2.75, 3.05) is 0 Å². The number of rotatable bonds is 3. The fraction of sp³-hybridized carbons (Fsp3) is 0.154. The largest absolute Gasteiger partial charge is 0.263 e. The maximum absolute atomic E-state index is 13.6. The van der Waals surface area contributed by atoms with Crippen LogP contribution in [-0.4, -0.2) is 4.98 Å². The van der Waals surface area contributed by atoms with E-state index in [2.05, 4.69) is 20.9 Å². The van der Waals surface area contributed by atoms with E-state index < -0.39 is 11.6 Å². The summed E-state index contributed by atoms with van der Waals surface area (Å²) in [6, 6.07) is 5.32. The van der Waals surface area contributed by atoms with Crippen molar-refractivity contribution in [3.8, 4) is 0 Å². The minimum absolute atomic E-state index is 0.266. The summed E-state index contributed by atoms with van der Waals surface area (Å²) in [5, 5.41) is 0.532. The second kappa shape index (κ2) is 5.76. The molecule has 0 aliphatic heterocycles. The molecule has 1 heterocycles. The van der Waals surface area contributed by atoms with E-state index in [1.165, 1.54) is 18.3 Å². The molecule has 0 saturated heterocycles. The van der Waals surface area contributed by atoms with Crippen molar-refractivity contribution in [2.24, 2.45) is 0 Å². The van der Waals surface area contributed by atoms with Gasteiger partial charge < -0.3 is 0 Å². The highest BCUT2D eigenvalue weighted by atomic mass is 79.9. The average Bonchev–Trinajstić information content (AvgIpc) is 2.32. The third-order valence-corrected chi connectivity index (χ3v) is 3.71. The van der Waals surface area contributed by atoms with Crippen molar-refractivity contribution < 1.29 is 8.78 Å². The van der Waals surface area contributed by atoms with Gasteiger partial charge in [0.15, 0.2) is 0 Å². The van der Waals surface area contributed by atoms with Crippen molar-refractivity contribution in [2.45, 2.75) is 11.2 Å². The van der Waals surface area contributed by atoms with Crippen molar-refractivity contribution in [1.82, 2.24) is 4.98 Å². The Morgan fingerprint density at radius 2 is 2.06 bits per heavy atom. The zero-order valence-electron chi connectivity index (χ0n) is 9.21. The third-order valence-electron chi connectivity index (χ3n) is 2.56. The summed E-state index contributed by atoms with van der Waals surface area (Å²) in [7, 11) is 0. The smallest absolute Gasteiger partial charge is 0.130 e. The van der Waals surface area contributed by atoms with Crippen LogP contribution in [0.25, 0.3) is 0 Å². The summed E-state index contributed by atoms with van der Waals surface area (Å²) in [4.78, 5) is 3.62. The molecule has 2 aromatic rings. The molecular formula is C13H9BrClF2N. The normalized spacial score (nSPS) is 12.4. The van der Waals surface area contributed by atoms with Crippen molar-refractivity contribution in [3.63, 3.8) is 0 Å². The van der Waals surface area contributed by atoms with Crippen LogP contribution >= 0.6 is 27.5 Å². The summed E-state index contributed by atoms with van der Waals surface area (Å²) in [5.41, 5.74) is 1.27. The van der Waals surface area contributed by atoms with Gasteiger partial charge >= 0.3 is 0 Å². The number of benzene rings is 1. The van der Waals surface area contributed by atoms with Crippen LogP contribution in [0, 0.1) is 11.6 Å². The first-order chi connectivity index (χ1) is 8.58. The molecule has 0 amide bonds. The molecule has 94 valence electrons. The first-order valence-corrected chi connectivity index (χ1v) is 6.54. The zero-order valence-corrected chi connectivity index (χ0v) is 11.5. The van der Waals surface area contributed by atoms with Crippen LogP contribution < -0.4 is 0 Å². The molecule has 0 fully saturated rings. The Hall–Kier alpha value is -1.00. The van der Waals surface area contributed by atoms with Crippen LogP contribution in [0.3, 0.4) is 0 Å². The van der Waals surface area contributed by atoms with E-state index in [0.29, 0.717) is 17.0 Å². The first kappa shape index (κ1) is 13.4. The van der Waals surface area contributed by atoms with E-state index in [1.54, 1.807) is 12.3 Å². The van der Waals surface area contributed by atoms with Gasteiger partial charge in [0.1, 0.15) is 11.6 Å². The average molecular weight is 333 g/mol. The van der Waals surface area contributed by atoms with E-state index >= 15 is 0 Å². The van der Waals surface area contributed by atoms with Crippen molar-refractivity contribution >= 4 is 27.5 Å². The summed E-state index contributed by atoms with van der Waals surface area (Å²) in [5.74, 6) is -1.15. The van der Waals surface area contributed by atoms with Gasteiger partial charge in [-0.05, 0) is 24.1 Å². The fourth-order valence-electron chi connectivity index (χ4n) is 1.63. The predicted octanol–water partition coefficient (Wildman–Crippen LogP) is 4.69. The van der Waals surface area contributed by atoms with E-state index in [4.69, 9.17) is 11.6 Å². The van der Waals surface area contributed by atoms with E-state index in [-0.39, 0.29) is 4.83 Å². The van der Waals surface area contributed by atoms with Crippen LogP contribution in [0.15, 0.2) is 36.7 Å². The van der Waals surface area contributed by atoms with Gasteiger partial charge in [-0.15, -0.1) is 0 Å². The van der Waals surface area contributed by atoms with Crippen LogP contribution in [0.1, 0.15) is 16.0 Å². The molecule has 1 nitrogen and oxygen atoms in total. The highest BCUT2D eigenvalue weighted by Gasteiger charge is 2.15. The first-order valence-electron chi connectivity index (χ1n) is 5.25. The Labute approximate surface area is 117 Å². The molecule has 0 spiro atoms. The van der Waals surface area contributed by atoms with Crippen molar-refractivity contribution in [1.29, 1.82) is 0 Å². The molecule has 1 unspecified atom stereocenters. The number of aromatic nitrogens is 1.